The number of aliphatic hydroxyl groups is 2. The third-order valence-corrected chi connectivity index (χ3v) is 10.2. The highest BCUT2D eigenvalue weighted by Gasteiger charge is 2.52. The van der Waals surface area contributed by atoms with E-state index in [4.69, 9.17) is 14.0 Å². The summed E-state index contributed by atoms with van der Waals surface area (Å²) in [5, 5.41) is 21.0. The van der Waals surface area contributed by atoms with Gasteiger partial charge in [0.25, 0.3) is 5.56 Å². The lowest BCUT2D eigenvalue weighted by molar-refractivity contribution is -0.0644. The fourth-order valence-electron chi connectivity index (χ4n) is 4.63. The number of H-pyrrole nitrogens is 1. The maximum Gasteiger partial charge on any atom is 0.359 e. The summed E-state index contributed by atoms with van der Waals surface area (Å²) in [5.41, 5.74) is 0.741. The lowest BCUT2D eigenvalue weighted by Crippen LogP contribution is -2.42. The fourth-order valence-corrected chi connectivity index (χ4v) is 6.31. The maximum atomic E-state index is 13.3. The smallest absolute Gasteiger partial charge is 0.359 e. The van der Waals surface area contributed by atoms with Gasteiger partial charge in [0, 0.05) is 30.2 Å². The summed E-state index contributed by atoms with van der Waals surface area (Å²) < 4.78 is 30.5. The second-order valence-corrected chi connectivity index (χ2v) is 12.1. The van der Waals surface area contributed by atoms with E-state index in [9.17, 15) is 24.5 Å². The second-order valence-electron chi connectivity index (χ2n) is 9.90. The van der Waals surface area contributed by atoms with Gasteiger partial charge in [-0.2, -0.15) is 0 Å². The van der Waals surface area contributed by atoms with Crippen LogP contribution in [0.4, 0.5) is 0 Å². The molecule has 10 nitrogen and oxygen atoms in total. The number of pyridine rings is 2. The molecule has 2 aromatic heterocycles. The normalized spacial score (nSPS) is 26.2. The van der Waals surface area contributed by atoms with Crippen LogP contribution in [-0.4, -0.2) is 61.4 Å². The van der Waals surface area contributed by atoms with Gasteiger partial charge < -0.3 is 29.6 Å². The molecule has 36 heavy (non-hydrogen) atoms. The molecule has 6 unspecified atom stereocenters. The third-order valence-electron chi connectivity index (χ3n) is 7.84. The minimum Gasteiger partial charge on any atom is -0.388 e. The molecule has 11 heteroatoms. The van der Waals surface area contributed by atoms with Gasteiger partial charge in [-0.25, -0.2) is 4.98 Å². The molecule has 3 heterocycles. The Bertz CT molecular complexity index is 1190. The van der Waals surface area contributed by atoms with Crippen molar-refractivity contribution in [2.75, 3.05) is 7.11 Å². The molecule has 1 aliphatic heterocycles. The number of fused-ring (bicyclic) bond motifs is 1. The fraction of sp³-hybridized carbons (Fsp3) is 0.680. The number of rotatable bonds is 10. The minimum atomic E-state index is -4.26. The zero-order valence-corrected chi connectivity index (χ0v) is 23.0. The Morgan fingerprint density at radius 3 is 2.33 bits per heavy atom. The maximum absolute atomic E-state index is 13.3. The first kappa shape index (κ1) is 28.9. The predicted molar refractivity (Wildman–Crippen MR) is 136 cm³/mol. The third kappa shape index (κ3) is 5.18. The van der Waals surface area contributed by atoms with E-state index < -0.39 is 48.5 Å². The number of ether oxygens (including phenoxy) is 2. The molecule has 0 aromatic carbocycles. The number of aromatic amines is 1. The Hall–Kier alpha value is -1.65. The highest BCUT2D eigenvalue weighted by atomic mass is 31.2. The Labute approximate surface area is 211 Å². The Balaban J connectivity index is 1.92. The molecule has 4 N–H and O–H groups in total. The van der Waals surface area contributed by atoms with E-state index in [2.05, 4.69) is 9.97 Å². The van der Waals surface area contributed by atoms with Crippen molar-refractivity contribution in [1.29, 1.82) is 0 Å². The van der Waals surface area contributed by atoms with Crippen LogP contribution >= 0.6 is 7.60 Å². The largest absolute Gasteiger partial charge is 0.388 e. The van der Waals surface area contributed by atoms with Gasteiger partial charge in [0.2, 0.25) is 0 Å². The number of aryl methyl sites for hydroxylation is 2. The zero-order valence-electron chi connectivity index (χ0n) is 22.1. The van der Waals surface area contributed by atoms with Crippen LogP contribution in [0.25, 0.3) is 11.0 Å². The van der Waals surface area contributed by atoms with Gasteiger partial charge in [0.1, 0.15) is 24.0 Å². The Morgan fingerprint density at radius 1 is 1.14 bits per heavy atom. The number of nitrogens with one attached hydrogen (secondary N) is 1. The van der Waals surface area contributed by atoms with Crippen LogP contribution in [0.5, 0.6) is 0 Å². The van der Waals surface area contributed by atoms with Crippen LogP contribution in [-0.2, 0) is 18.6 Å². The molecule has 202 valence electrons. The van der Waals surface area contributed by atoms with E-state index in [1.807, 2.05) is 33.8 Å². The molecule has 1 aliphatic rings. The molecular formula is C25H39N2O8P. The molecule has 0 spiro atoms. The van der Waals surface area contributed by atoms with Crippen molar-refractivity contribution in [3.05, 3.63) is 39.3 Å². The minimum absolute atomic E-state index is 0.0358. The quantitative estimate of drug-likeness (QED) is 0.340. The van der Waals surface area contributed by atoms with Gasteiger partial charge in [0.05, 0.1) is 11.7 Å². The Morgan fingerprint density at radius 2 is 1.78 bits per heavy atom. The molecule has 0 bridgehead atoms. The van der Waals surface area contributed by atoms with Crippen LogP contribution in [0.2, 0.25) is 0 Å². The summed E-state index contributed by atoms with van der Waals surface area (Å²) in [6.45, 7) is 10.7. The van der Waals surface area contributed by atoms with Gasteiger partial charge in [-0.15, -0.1) is 0 Å². The molecule has 0 aliphatic carbocycles. The molecule has 0 radical (unpaired) electrons. The van der Waals surface area contributed by atoms with Crippen LogP contribution in [0.1, 0.15) is 76.3 Å². The molecule has 1 fully saturated rings. The summed E-state index contributed by atoms with van der Waals surface area (Å²) in [5.74, 6) is 0. The van der Waals surface area contributed by atoms with Crippen LogP contribution < -0.4 is 5.56 Å². The topological polar surface area (TPSA) is 151 Å². The van der Waals surface area contributed by atoms with Crippen molar-refractivity contribution in [3.63, 3.8) is 0 Å². The van der Waals surface area contributed by atoms with Crippen molar-refractivity contribution in [1.82, 2.24) is 9.97 Å². The average Bonchev–Trinajstić information content (AvgIpc) is 3.11. The highest BCUT2D eigenvalue weighted by molar-refractivity contribution is 7.54. The number of methoxy groups -OCH3 is 1. The first-order valence-corrected chi connectivity index (χ1v) is 14.0. The van der Waals surface area contributed by atoms with Crippen molar-refractivity contribution in [3.8, 4) is 0 Å². The molecular weight excluding hydrogens is 487 g/mol. The van der Waals surface area contributed by atoms with Crippen molar-refractivity contribution in [2.24, 2.45) is 0 Å². The van der Waals surface area contributed by atoms with Gasteiger partial charge in [-0.1, -0.05) is 20.8 Å². The number of aliphatic hydroxyl groups excluding tert-OH is 2. The summed E-state index contributed by atoms with van der Waals surface area (Å²) in [6.07, 6.45) is -3.74. The predicted octanol–water partition coefficient (Wildman–Crippen LogP) is 3.63. The molecule has 1 saturated heterocycles. The van der Waals surface area contributed by atoms with E-state index in [-0.39, 0.29) is 18.4 Å². The lowest BCUT2D eigenvalue weighted by atomic mass is 9.88. The zero-order chi connectivity index (χ0) is 27.1. The molecule has 3 rings (SSSR count). The van der Waals surface area contributed by atoms with Crippen LogP contribution in [0, 0.1) is 13.8 Å². The van der Waals surface area contributed by atoms with Gasteiger partial charge >= 0.3 is 7.60 Å². The van der Waals surface area contributed by atoms with Crippen molar-refractivity contribution in [2.45, 2.75) is 103 Å². The first-order valence-electron chi connectivity index (χ1n) is 12.4. The van der Waals surface area contributed by atoms with E-state index in [0.29, 0.717) is 23.9 Å². The van der Waals surface area contributed by atoms with E-state index in [1.165, 1.54) is 14.0 Å². The van der Waals surface area contributed by atoms with E-state index in [0.717, 1.165) is 11.3 Å². The van der Waals surface area contributed by atoms with Gasteiger partial charge in [-0.3, -0.25) is 13.9 Å². The van der Waals surface area contributed by atoms with Gasteiger partial charge in [0.15, 0.2) is 5.34 Å². The number of nitrogens with zero attached hydrogens (tertiary/aromatic N) is 1. The van der Waals surface area contributed by atoms with Crippen LogP contribution in [0.15, 0.2) is 16.9 Å². The van der Waals surface area contributed by atoms with Crippen LogP contribution in [0.3, 0.4) is 0 Å². The van der Waals surface area contributed by atoms with Crippen molar-refractivity contribution < 1.29 is 33.7 Å². The number of hydrogen-bond donors (Lipinski definition) is 4. The molecule has 2 aromatic rings. The lowest BCUT2D eigenvalue weighted by Gasteiger charge is -2.40. The van der Waals surface area contributed by atoms with E-state index in [1.54, 1.807) is 13.0 Å². The second kappa shape index (κ2) is 10.6. The first-order chi connectivity index (χ1) is 16.8. The monoisotopic (exact) mass is 526 g/mol. The van der Waals surface area contributed by atoms with E-state index >= 15 is 0 Å². The van der Waals surface area contributed by atoms with Gasteiger partial charge in [-0.05, 0) is 57.7 Å². The Kier molecular flexibility index (Phi) is 8.52. The number of hydrogen-bond acceptors (Lipinski definition) is 8. The standard InChI is InChI=1S/C25H39N2O8P/c1-8-24(6,33-7)36(31,32)35-25(9-2,10-3)13-18-19(28)20(29)21(34-18)17-12-16-11-14(4)15(5)26-22(16)27-23(17)30/h11-12,18-21,28-29H,8-10,13H2,1-7H3,(H,31,32)(H,26,27,30). The summed E-state index contributed by atoms with van der Waals surface area (Å²) in [4.78, 5) is 30.8. The average molecular weight is 527 g/mol. The molecule has 0 amide bonds. The number of aromatic nitrogens is 2. The summed E-state index contributed by atoms with van der Waals surface area (Å²) >= 11 is 0. The summed E-state index contributed by atoms with van der Waals surface area (Å²) in [6, 6.07) is 3.51. The molecule has 0 saturated carbocycles. The van der Waals surface area contributed by atoms with Crippen molar-refractivity contribution >= 4 is 18.6 Å². The summed E-state index contributed by atoms with van der Waals surface area (Å²) in [7, 11) is -2.90. The highest BCUT2D eigenvalue weighted by Crippen LogP contribution is 2.61. The molecule has 6 atom stereocenters. The SMILES string of the molecule is CCC(CC)(CC1OC(c2cc3cc(C)c(C)nc3[nH]c2=O)C(O)C1O)OP(=O)(O)C(C)(CC)OC.